The summed E-state index contributed by atoms with van der Waals surface area (Å²) in [6.45, 7) is 8.11. The van der Waals surface area contributed by atoms with E-state index in [4.69, 9.17) is 10.5 Å². The van der Waals surface area contributed by atoms with Crippen molar-refractivity contribution in [3.05, 3.63) is 0 Å². The van der Waals surface area contributed by atoms with Gasteiger partial charge < -0.3 is 15.8 Å². The maximum absolute atomic E-state index is 11.7. The number of alkyl carbamates (subject to hydrolysis) is 1. The molecular weight excluding hydrogens is 266 g/mol. The Bertz CT molecular complexity index is 346. The second-order valence-electron chi connectivity index (χ2n) is 7.48. The van der Waals surface area contributed by atoms with E-state index in [1.54, 1.807) is 0 Å². The Morgan fingerprint density at radius 2 is 2.00 bits per heavy atom. The summed E-state index contributed by atoms with van der Waals surface area (Å²) in [7, 11) is 0. The molecule has 2 aliphatic carbocycles. The van der Waals surface area contributed by atoms with E-state index in [9.17, 15) is 4.79 Å². The predicted octanol–water partition coefficient (Wildman–Crippen LogP) is 2.10. The molecule has 122 valence electrons. The van der Waals surface area contributed by atoms with Crippen LogP contribution in [0.2, 0.25) is 0 Å². The van der Waals surface area contributed by atoms with Gasteiger partial charge in [-0.1, -0.05) is 0 Å². The number of nitrogens with two attached hydrogens (primary N) is 1. The molecule has 0 radical (unpaired) electrons. The summed E-state index contributed by atoms with van der Waals surface area (Å²) in [5.41, 5.74) is 5.53. The van der Waals surface area contributed by atoms with Gasteiger partial charge in [0, 0.05) is 31.7 Å². The van der Waals surface area contributed by atoms with Crippen LogP contribution in [0.1, 0.15) is 52.9 Å². The van der Waals surface area contributed by atoms with E-state index in [-0.39, 0.29) is 6.09 Å². The number of nitrogens with one attached hydrogen (secondary N) is 1. The van der Waals surface area contributed by atoms with Crippen molar-refractivity contribution in [3.8, 4) is 0 Å². The Kier molecular flexibility index (Phi) is 5.49. The van der Waals surface area contributed by atoms with E-state index in [1.165, 1.54) is 32.2 Å². The van der Waals surface area contributed by atoms with Crippen molar-refractivity contribution in [2.24, 2.45) is 11.7 Å². The van der Waals surface area contributed by atoms with Crippen LogP contribution in [0.5, 0.6) is 0 Å². The highest BCUT2D eigenvalue weighted by molar-refractivity contribution is 5.67. The van der Waals surface area contributed by atoms with Crippen molar-refractivity contribution in [1.29, 1.82) is 0 Å². The monoisotopic (exact) mass is 297 g/mol. The number of ether oxygens (including phenoxy) is 1. The molecule has 3 N–H and O–H groups in total. The zero-order valence-electron chi connectivity index (χ0n) is 13.7. The normalized spacial score (nSPS) is 20.4. The predicted molar refractivity (Wildman–Crippen MR) is 84.1 cm³/mol. The van der Waals surface area contributed by atoms with Crippen molar-refractivity contribution in [3.63, 3.8) is 0 Å². The van der Waals surface area contributed by atoms with E-state index < -0.39 is 5.60 Å². The van der Waals surface area contributed by atoms with Crippen LogP contribution < -0.4 is 11.1 Å². The molecular formula is C16H31N3O2. The van der Waals surface area contributed by atoms with Crippen LogP contribution in [0, 0.1) is 5.92 Å². The number of amides is 1. The fraction of sp³-hybridized carbons (Fsp3) is 0.938. The average molecular weight is 297 g/mol. The number of carbonyl (C=O) groups is 1. The molecule has 2 aliphatic rings. The minimum atomic E-state index is -0.441. The third kappa shape index (κ3) is 6.22. The van der Waals surface area contributed by atoms with Gasteiger partial charge in [0.15, 0.2) is 0 Å². The van der Waals surface area contributed by atoms with Gasteiger partial charge in [-0.15, -0.1) is 0 Å². The Hall–Kier alpha value is -0.810. The van der Waals surface area contributed by atoms with Crippen LogP contribution in [0.15, 0.2) is 0 Å². The van der Waals surface area contributed by atoms with Crippen molar-refractivity contribution in [1.82, 2.24) is 10.2 Å². The molecule has 0 aromatic rings. The largest absolute Gasteiger partial charge is 0.444 e. The maximum Gasteiger partial charge on any atom is 0.407 e. The third-order valence-corrected chi connectivity index (χ3v) is 4.07. The van der Waals surface area contributed by atoms with Gasteiger partial charge in [-0.2, -0.15) is 0 Å². The zero-order chi connectivity index (χ0) is 15.5. The summed E-state index contributed by atoms with van der Waals surface area (Å²) in [5.74, 6) is 0.887. The molecule has 0 bridgehead atoms. The highest BCUT2D eigenvalue weighted by Crippen LogP contribution is 2.36. The van der Waals surface area contributed by atoms with Gasteiger partial charge in [0.2, 0.25) is 0 Å². The highest BCUT2D eigenvalue weighted by Gasteiger charge is 2.36. The molecule has 0 aromatic heterocycles. The molecule has 0 spiro atoms. The van der Waals surface area contributed by atoms with E-state index in [0.29, 0.717) is 19.1 Å². The molecule has 5 nitrogen and oxygen atoms in total. The SMILES string of the molecule is CC(C)(C)OC(=O)NCCC(CN)N(CC1CC1)C1CC1. The van der Waals surface area contributed by atoms with Crippen LogP contribution in [-0.4, -0.2) is 48.3 Å². The first-order chi connectivity index (χ1) is 9.89. The molecule has 0 heterocycles. The number of nitrogens with zero attached hydrogens (tertiary/aromatic N) is 1. The topological polar surface area (TPSA) is 67.6 Å². The molecule has 5 heteroatoms. The molecule has 21 heavy (non-hydrogen) atoms. The van der Waals surface area contributed by atoms with Crippen molar-refractivity contribution < 1.29 is 9.53 Å². The maximum atomic E-state index is 11.7. The average Bonchev–Trinajstić information content (AvgIpc) is 3.24. The van der Waals surface area contributed by atoms with Crippen molar-refractivity contribution in [2.45, 2.75) is 70.6 Å². The number of hydrogen-bond donors (Lipinski definition) is 2. The molecule has 1 unspecified atom stereocenters. The van der Waals surface area contributed by atoms with Gasteiger partial charge in [0.25, 0.3) is 0 Å². The summed E-state index contributed by atoms with van der Waals surface area (Å²) < 4.78 is 5.25. The summed E-state index contributed by atoms with van der Waals surface area (Å²) in [6.07, 6.45) is 5.93. The lowest BCUT2D eigenvalue weighted by Gasteiger charge is -2.31. The lowest BCUT2D eigenvalue weighted by Crippen LogP contribution is -2.45. The van der Waals surface area contributed by atoms with Crippen LogP contribution >= 0.6 is 0 Å². The quantitative estimate of drug-likeness (QED) is 0.720. The molecule has 1 amide bonds. The van der Waals surface area contributed by atoms with Crippen molar-refractivity contribution >= 4 is 6.09 Å². The van der Waals surface area contributed by atoms with E-state index >= 15 is 0 Å². The molecule has 1 atom stereocenters. The van der Waals surface area contributed by atoms with E-state index in [0.717, 1.165) is 18.4 Å². The fourth-order valence-electron chi connectivity index (χ4n) is 2.68. The van der Waals surface area contributed by atoms with Gasteiger partial charge in [0.05, 0.1) is 0 Å². The smallest absolute Gasteiger partial charge is 0.407 e. The molecule has 2 fully saturated rings. The Labute approximate surface area is 128 Å². The van der Waals surface area contributed by atoms with Crippen LogP contribution in [0.3, 0.4) is 0 Å². The van der Waals surface area contributed by atoms with Gasteiger partial charge in [0.1, 0.15) is 5.60 Å². The number of carbonyl (C=O) groups excluding carboxylic acids is 1. The number of rotatable bonds is 8. The Balaban J connectivity index is 1.71. The summed E-state index contributed by atoms with van der Waals surface area (Å²) in [6, 6.07) is 1.12. The van der Waals surface area contributed by atoms with Gasteiger partial charge in [-0.3, -0.25) is 4.90 Å². The van der Waals surface area contributed by atoms with Gasteiger partial charge in [-0.25, -0.2) is 4.79 Å². The summed E-state index contributed by atoms with van der Waals surface area (Å²) in [4.78, 5) is 14.2. The standard InChI is InChI=1S/C16H31N3O2/c1-16(2,3)21-15(20)18-9-8-14(10-17)19(13-6-7-13)11-12-4-5-12/h12-14H,4-11,17H2,1-3H3,(H,18,20). The first-order valence-electron chi connectivity index (χ1n) is 8.31. The fourth-order valence-corrected chi connectivity index (χ4v) is 2.68. The molecule has 0 aromatic carbocycles. The lowest BCUT2D eigenvalue weighted by molar-refractivity contribution is 0.0521. The second-order valence-corrected chi connectivity index (χ2v) is 7.48. The van der Waals surface area contributed by atoms with Gasteiger partial charge in [-0.05, 0) is 58.8 Å². The van der Waals surface area contributed by atoms with E-state index in [2.05, 4.69) is 10.2 Å². The lowest BCUT2D eigenvalue weighted by atomic mass is 10.1. The number of hydrogen-bond acceptors (Lipinski definition) is 4. The minimum absolute atomic E-state index is 0.335. The Morgan fingerprint density at radius 1 is 1.33 bits per heavy atom. The summed E-state index contributed by atoms with van der Waals surface area (Å²) in [5, 5.41) is 2.84. The first-order valence-corrected chi connectivity index (χ1v) is 8.31. The van der Waals surface area contributed by atoms with Gasteiger partial charge >= 0.3 is 6.09 Å². The molecule has 0 aliphatic heterocycles. The van der Waals surface area contributed by atoms with Crippen LogP contribution in [-0.2, 0) is 4.74 Å². The first kappa shape index (κ1) is 16.6. The van der Waals surface area contributed by atoms with Crippen molar-refractivity contribution in [2.75, 3.05) is 19.6 Å². The second kappa shape index (κ2) is 6.97. The third-order valence-electron chi connectivity index (χ3n) is 4.07. The summed E-state index contributed by atoms with van der Waals surface area (Å²) >= 11 is 0. The molecule has 2 saturated carbocycles. The van der Waals surface area contributed by atoms with E-state index in [1.807, 2.05) is 20.8 Å². The van der Waals surface area contributed by atoms with Crippen LogP contribution in [0.25, 0.3) is 0 Å². The molecule has 2 rings (SSSR count). The minimum Gasteiger partial charge on any atom is -0.444 e. The highest BCUT2D eigenvalue weighted by atomic mass is 16.6. The Morgan fingerprint density at radius 3 is 2.48 bits per heavy atom. The zero-order valence-corrected chi connectivity index (χ0v) is 13.7. The van der Waals surface area contributed by atoms with Crippen LogP contribution in [0.4, 0.5) is 4.79 Å². The molecule has 0 saturated heterocycles.